The maximum atomic E-state index is 10.8. The first kappa shape index (κ1) is 7.60. The maximum absolute atomic E-state index is 10.8. The Morgan fingerprint density at radius 3 is 2.90 bits per heavy atom. The summed E-state index contributed by atoms with van der Waals surface area (Å²) < 4.78 is 4.47. The van der Waals surface area contributed by atoms with Crippen molar-refractivity contribution in [1.29, 1.82) is 0 Å². The molecule has 1 fully saturated rings. The van der Waals surface area contributed by atoms with E-state index in [1.54, 1.807) is 0 Å². The normalized spacial score (nSPS) is 24.9. The minimum absolute atomic E-state index is 0.139. The van der Waals surface area contributed by atoms with Crippen molar-refractivity contribution in [1.82, 2.24) is 0 Å². The van der Waals surface area contributed by atoms with Gasteiger partial charge in [-0.2, -0.15) is 0 Å². The Morgan fingerprint density at radius 1 is 1.80 bits per heavy atom. The van der Waals surface area contributed by atoms with Crippen LogP contribution in [-0.4, -0.2) is 29.9 Å². The van der Waals surface area contributed by atoms with E-state index in [2.05, 4.69) is 4.74 Å². The molecule has 0 aromatic heterocycles. The standard InChI is InChI=1S/C6H8O3S/c1-9-6(8)5-2-4(7)3-10-5/h5H,2-3H2,1H3/t5-/m1/s1. The van der Waals surface area contributed by atoms with Gasteiger partial charge in [0, 0.05) is 6.42 Å². The summed E-state index contributed by atoms with van der Waals surface area (Å²) >= 11 is 1.36. The highest BCUT2D eigenvalue weighted by Gasteiger charge is 2.29. The Hall–Kier alpha value is -0.510. The number of thioether (sulfide) groups is 1. The molecule has 3 nitrogen and oxygen atoms in total. The van der Waals surface area contributed by atoms with Gasteiger partial charge in [-0.05, 0) is 0 Å². The number of carbonyl (C=O) groups is 2. The lowest BCUT2D eigenvalue weighted by molar-refractivity contribution is -0.140. The van der Waals surface area contributed by atoms with Crippen molar-refractivity contribution in [2.75, 3.05) is 12.9 Å². The summed E-state index contributed by atoms with van der Waals surface area (Å²) in [4.78, 5) is 21.4. The summed E-state index contributed by atoms with van der Waals surface area (Å²) in [6.07, 6.45) is 0.345. The number of ether oxygens (including phenoxy) is 1. The highest BCUT2D eigenvalue weighted by atomic mass is 32.2. The van der Waals surface area contributed by atoms with Crippen LogP contribution in [0.3, 0.4) is 0 Å². The molecule has 4 heteroatoms. The number of esters is 1. The predicted octanol–water partition coefficient (Wildman–Crippen LogP) is 0.234. The topological polar surface area (TPSA) is 43.4 Å². The van der Waals surface area contributed by atoms with E-state index in [0.29, 0.717) is 12.2 Å². The molecule has 0 aromatic rings. The monoisotopic (exact) mass is 160 g/mol. The Balaban J connectivity index is 2.44. The highest BCUT2D eigenvalue weighted by molar-refractivity contribution is 8.01. The third-order valence-electron chi connectivity index (χ3n) is 1.32. The Bertz CT molecular complexity index is 166. The number of hydrogen-bond acceptors (Lipinski definition) is 4. The second-order valence-electron chi connectivity index (χ2n) is 2.07. The average molecular weight is 160 g/mol. The van der Waals surface area contributed by atoms with Crippen LogP contribution in [0.4, 0.5) is 0 Å². The molecule has 56 valence electrons. The van der Waals surface area contributed by atoms with Gasteiger partial charge >= 0.3 is 5.97 Å². The molecule has 0 amide bonds. The van der Waals surface area contributed by atoms with E-state index in [1.807, 2.05) is 0 Å². The van der Waals surface area contributed by atoms with Gasteiger partial charge in [-0.1, -0.05) is 0 Å². The molecule has 0 saturated carbocycles. The minimum atomic E-state index is -0.282. The van der Waals surface area contributed by atoms with Crippen molar-refractivity contribution in [2.24, 2.45) is 0 Å². The number of carbonyl (C=O) groups excluding carboxylic acids is 2. The molecular formula is C6H8O3S. The van der Waals surface area contributed by atoms with Crippen LogP contribution < -0.4 is 0 Å². The van der Waals surface area contributed by atoms with Crippen molar-refractivity contribution in [3.05, 3.63) is 0 Å². The fourth-order valence-electron chi connectivity index (χ4n) is 0.801. The van der Waals surface area contributed by atoms with Crippen molar-refractivity contribution in [2.45, 2.75) is 11.7 Å². The molecule has 1 atom stereocenters. The molecule has 0 radical (unpaired) electrons. The smallest absolute Gasteiger partial charge is 0.319 e. The minimum Gasteiger partial charge on any atom is -0.468 e. The largest absolute Gasteiger partial charge is 0.468 e. The van der Waals surface area contributed by atoms with E-state index in [-0.39, 0.29) is 17.0 Å². The zero-order valence-electron chi connectivity index (χ0n) is 5.62. The quantitative estimate of drug-likeness (QED) is 0.515. The molecule has 1 heterocycles. The molecule has 1 saturated heterocycles. The van der Waals surface area contributed by atoms with Crippen LogP contribution in [0.1, 0.15) is 6.42 Å². The van der Waals surface area contributed by atoms with Crippen LogP contribution in [0.15, 0.2) is 0 Å². The molecule has 0 aliphatic carbocycles. The molecular weight excluding hydrogens is 152 g/mol. The molecule has 10 heavy (non-hydrogen) atoms. The van der Waals surface area contributed by atoms with Gasteiger partial charge in [0.05, 0.1) is 12.9 Å². The van der Waals surface area contributed by atoms with Crippen molar-refractivity contribution in [3.63, 3.8) is 0 Å². The second-order valence-corrected chi connectivity index (χ2v) is 3.26. The van der Waals surface area contributed by atoms with Crippen LogP contribution in [0.25, 0.3) is 0 Å². The summed E-state index contributed by atoms with van der Waals surface area (Å²) in [5.41, 5.74) is 0. The van der Waals surface area contributed by atoms with E-state index in [9.17, 15) is 9.59 Å². The van der Waals surface area contributed by atoms with E-state index in [0.717, 1.165) is 0 Å². The maximum Gasteiger partial charge on any atom is 0.319 e. The van der Waals surface area contributed by atoms with Crippen LogP contribution in [0, 0.1) is 0 Å². The fraction of sp³-hybridized carbons (Fsp3) is 0.667. The third-order valence-corrected chi connectivity index (χ3v) is 2.57. The summed E-state index contributed by atoms with van der Waals surface area (Å²) in [5.74, 6) is 0.316. The van der Waals surface area contributed by atoms with E-state index < -0.39 is 0 Å². The lowest BCUT2D eigenvalue weighted by Crippen LogP contribution is -2.16. The van der Waals surface area contributed by atoms with Gasteiger partial charge in [-0.3, -0.25) is 9.59 Å². The van der Waals surface area contributed by atoms with Gasteiger partial charge in [-0.15, -0.1) is 11.8 Å². The fourth-order valence-corrected chi connectivity index (χ4v) is 1.84. The zero-order chi connectivity index (χ0) is 7.56. The molecule has 0 bridgehead atoms. The molecule has 0 N–H and O–H groups in total. The molecule has 1 aliphatic rings. The Labute approximate surface area is 63.1 Å². The first-order valence-electron chi connectivity index (χ1n) is 2.95. The average Bonchev–Trinajstić information content (AvgIpc) is 2.34. The lowest BCUT2D eigenvalue weighted by Gasteiger charge is -2.02. The molecule has 0 aromatic carbocycles. The summed E-state index contributed by atoms with van der Waals surface area (Å²) in [6.45, 7) is 0. The summed E-state index contributed by atoms with van der Waals surface area (Å²) in [5, 5.41) is -0.238. The summed E-state index contributed by atoms with van der Waals surface area (Å²) in [6, 6.07) is 0. The molecule has 1 aliphatic heterocycles. The van der Waals surface area contributed by atoms with E-state index >= 15 is 0 Å². The van der Waals surface area contributed by atoms with Gasteiger partial charge in [0.15, 0.2) is 0 Å². The van der Waals surface area contributed by atoms with Gasteiger partial charge in [0.25, 0.3) is 0 Å². The van der Waals surface area contributed by atoms with Crippen LogP contribution >= 0.6 is 11.8 Å². The van der Waals surface area contributed by atoms with Gasteiger partial charge in [0.2, 0.25) is 0 Å². The number of hydrogen-bond donors (Lipinski definition) is 0. The van der Waals surface area contributed by atoms with Gasteiger partial charge in [-0.25, -0.2) is 0 Å². The Kier molecular flexibility index (Phi) is 2.32. The second kappa shape index (κ2) is 3.05. The van der Waals surface area contributed by atoms with Crippen molar-refractivity contribution >= 4 is 23.5 Å². The number of rotatable bonds is 1. The van der Waals surface area contributed by atoms with Crippen LogP contribution in [-0.2, 0) is 14.3 Å². The van der Waals surface area contributed by atoms with Gasteiger partial charge in [0.1, 0.15) is 11.0 Å². The van der Waals surface area contributed by atoms with Crippen molar-refractivity contribution in [3.8, 4) is 0 Å². The lowest BCUT2D eigenvalue weighted by atomic mass is 10.2. The van der Waals surface area contributed by atoms with E-state index in [4.69, 9.17) is 0 Å². The zero-order valence-corrected chi connectivity index (χ0v) is 6.44. The first-order chi connectivity index (χ1) is 4.74. The number of Topliss-reactive ketones (excluding diaryl/α,β-unsaturated/α-hetero) is 1. The van der Waals surface area contributed by atoms with Crippen LogP contribution in [0.5, 0.6) is 0 Å². The first-order valence-corrected chi connectivity index (χ1v) is 4.00. The molecule has 1 rings (SSSR count). The SMILES string of the molecule is COC(=O)[C@H]1CC(=O)CS1. The van der Waals surface area contributed by atoms with Crippen molar-refractivity contribution < 1.29 is 14.3 Å². The molecule has 0 spiro atoms. The summed E-state index contributed by atoms with van der Waals surface area (Å²) in [7, 11) is 1.34. The third kappa shape index (κ3) is 1.50. The highest BCUT2D eigenvalue weighted by Crippen LogP contribution is 2.24. The van der Waals surface area contributed by atoms with Crippen LogP contribution in [0.2, 0.25) is 0 Å². The van der Waals surface area contributed by atoms with Gasteiger partial charge < -0.3 is 4.74 Å². The number of methoxy groups -OCH3 is 1. The molecule has 0 unspecified atom stereocenters. The Morgan fingerprint density at radius 2 is 2.50 bits per heavy atom. The number of ketones is 1. The predicted molar refractivity (Wildman–Crippen MR) is 37.9 cm³/mol. The van der Waals surface area contributed by atoms with E-state index in [1.165, 1.54) is 18.9 Å².